The first-order valence-electron chi connectivity index (χ1n) is 10.2. The van der Waals surface area contributed by atoms with Gasteiger partial charge in [-0.25, -0.2) is 14.2 Å². The maximum Gasteiger partial charge on any atom is 0.490 e. The molecule has 1 saturated heterocycles. The lowest BCUT2D eigenvalue weighted by Gasteiger charge is -2.33. The number of hydrogen-bond acceptors (Lipinski definition) is 6. The Bertz CT molecular complexity index is 1110. The fourth-order valence-corrected chi connectivity index (χ4v) is 3.63. The summed E-state index contributed by atoms with van der Waals surface area (Å²) < 4.78 is 47.1. The van der Waals surface area contributed by atoms with E-state index in [9.17, 15) is 17.6 Å². The van der Waals surface area contributed by atoms with Crippen LogP contribution in [-0.2, 0) is 17.9 Å². The molecule has 1 aromatic carbocycles. The second kappa shape index (κ2) is 10.1. The number of nitrogens with zero attached hydrogens (tertiary/aromatic N) is 5. The number of fused-ring (bicyclic) bond motifs is 1. The normalized spacial score (nSPS) is 14.8. The van der Waals surface area contributed by atoms with Crippen LogP contribution in [0.15, 0.2) is 30.5 Å². The van der Waals surface area contributed by atoms with Crippen LogP contribution < -0.4 is 4.90 Å². The molecule has 33 heavy (non-hydrogen) atoms. The van der Waals surface area contributed by atoms with Crippen LogP contribution in [0.4, 0.5) is 23.4 Å². The summed E-state index contributed by atoms with van der Waals surface area (Å²) in [6.07, 6.45) is -1.21. The van der Waals surface area contributed by atoms with Crippen LogP contribution in [0.25, 0.3) is 10.9 Å². The molecule has 3 aromatic rings. The molecule has 2 N–H and O–H groups in total. The third-order valence-corrected chi connectivity index (χ3v) is 5.34. The molecule has 0 atom stereocenters. The van der Waals surface area contributed by atoms with Gasteiger partial charge < -0.3 is 15.1 Å². The van der Waals surface area contributed by atoms with E-state index in [0.717, 1.165) is 49.2 Å². The highest BCUT2D eigenvalue weighted by Crippen LogP contribution is 2.27. The predicted molar refractivity (Wildman–Crippen MR) is 111 cm³/mol. The molecule has 0 bridgehead atoms. The molecule has 178 valence electrons. The minimum Gasteiger partial charge on any atom is -0.475 e. The van der Waals surface area contributed by atoms with Crippen LogP contribution in [-0.4, -0.2) is 55.4 Å². The molecule has 12 heteroatoms. The zero-order valence-corrected chi connectivity index (χ0v) is 17.8. The Morgan fingerprint density at radius 1 is 1.21 bits per heavy atom. The van der Waals surface area contributed by atoms with Gasteiger partial charge in [-0.05, 0) is 49.4 Å². The van der Waals surface area contributed by atoms with Gasteiger partial charge in [-0.15, -0.1) is 5.10 Å². The summed E-state index contributed by atoms with van der Waals surface area (Å²) in [6.45, 7) is 4.61. The van der Waals surface area contributed by atoms with Gasteiger partial charge in [-0.1, -0.05) is 5.21 Å². The maximum atomic E-state index is 13.5. The lowest BCUT2D eigenvalue weighted by atomic mass is 9.96. The second-order valence-corrected chi connectivity index (χ2v) is 7.78. The van der Waals surface area contributed by atoms with E-state index in [1.807, 2.05) is 11.6 Å². The average molecular weight is 469 g/mol. The quantitative estimate of drug-likeness (QED) is 0.565. The Morgan fingerprint density at radius 3 is 2.45 bits per heavy atom. The lowest BCUT2D eigenvalue weighted by molar-refractivity contribution is -0.192. The minimum absolute atomic E-state index is 0.0774. The Hall–Kier alpha value is -3.28. The first-order valence-corrected chi connectivity index (χ1v) is 10.2. The Labute approximate surface area is 186 Å². The van der Waals surface area contributed by atoms with Crippen molar-refractivity contribution < 1.29 is 32.6 Å². The van der Waals surface area contributed by atoms with Gasteiger partial charge in [-0.3, -0.25) is 4.68 Å². The number of carboxylic acids is 1. The van der Waals surface area contributed by atoms with Crippen molar-refractivity contribution in [2.24, 2.45) is 5.92 Å². The van der Waals surface area contributed by atoms with E-state index in [-0.39, 0.29) is 12.4 Å². The number of rotatable bonds is 4. The summed E-state index contributed by atoms with van der Waals surface area (Å²) in [5, 5.41) is 25.2. The smallest absolute Gasteiger partial charge is 0.475 e. The Kier molecular flexibility index (Phi) is 7.46. The lowest BCUT2D eigenvalue weighted by Crippen LogP contribution is -2.35. The number of aryl methyl sites for hydroxylation is 1. The summed E-state index contributed by atoms with van der Waals surface area (Å²) in [6, 6.07) is 6.86. The summed E-state index contributed by atoms with van der Waals surface area (Å²) in [5.41, 5.74) is 2.43. The monoisotopic (exact) mass is 469 g/mol. The van der Waals surface area contributed by atoms with E-state index in [1.165, 1.54) is 12.1 Å². The van der Waals surface area contributed by atoms with Gasteiger partial charge in [0.1, 0.15) is 17.3 Å². The number of alkyl halides is 3. The molecule has 3 heterocycles. The van der Waals surface area contributed by atoms with E-state index >= 15 is 0 Å². The van der Waals surface area contributed by atoms with Gasteiger partial charge in [0.2, 0.25) is 0 Å². The second-order valence-electron chi connectivity index (χ2n) is 7.78. The van der Waals surface area contributed by atoms with Crippen molar-refractivity contribution >= 4 is 22.7 Å². The SMILES string of the molecule is Cc1cc(N2CCC(Cn3cc(CO)nn3)CC2)nc2cc(F)ccc12.O=C(O)C(F)(F)F. The third kappa shape index (κ3) is 6.37. The molecule has 0 aliphatic carbocycles. The van der Waals surface area contributed by atoms with Crippen LogP contribution in [0, 0.1) is 18.7 Å². The number of aliphatic hydroxyl groups is 1. The zero-order valence-electron chi connectivity index (χ0n) is 17.8. The van der Waals surface area contributed by atoms with E-state index in [4.69, 9.17) is 15.0 Å². The molecular formula is C21H23F4N5O3. The van der Waals surface area contributed by atoms with Crippen LogP contribution in [0.5, 0.6) is 0 Å². The number of hydrogen-bond donors (Lipinski definition) is 2. The first kappa shape index (κ1) is 24.4. The van der Waals surface area contributed by atoms with Crippen molar-refractivity contribution in [2.75, 3.05) is 18.0 Å². The highest BCUT2D eigenvalue weighted by atomic mass is 19.4. The number of aliphatic carboxylic acids is 1. The van der Waals surface area contributed by atoms with E-state index in [0.29, 0.717) is 17.1 Å². The van der Waals surface area contributed by atoms with E-state index in [2.05, 4.69) is 26.3 Å². The topological polar surface area (TPSA) is 104 Å². The number of carbonyl (C=O) groups is 1. The van der Waals surface area contributed by atoms with Crippen molar-refractivity contribution in [2.45, 2.75) is 39.1 Å². The molecule has 2 aromatic heterocycles. The van der Waals surface area contributed by atoms with Gasteiger partial charge >= 0.3 is 12.1 Å². The molecular weight excluding hydrogens is 446 g/mol. The molecule has 0 amide bonds. The molecule has 0 radical (unpaired) electrons. The van der Waals surface area contributed by atoms with Crippen LogP contribution in [0.1, 0.15) is 24.1 Å². The maximum absolute atomic E-state index is 13.5. The fourth-order valence-electron chi connectivity index (χ4n) is 3.63. The number of piperidine rings is 1. The number of halogens is 4. The molecule has 8 nitrogen and oxygen atoms in total. The Morgan fingerprint density at radius 2 is 1.88 bits per heavy atom. The number of carboxylic acid groups (broad SMARTS) is 1. The number of benzene rings is 1. The van der Waals surface area contributed by atoms with Gasteiger partial charge in [0.15, 0.2) is 0 Å². The molecule has 4 rings (SSSR count). The molecule has 0 spiro atoms. The van der Waals surface area contributed by atoms with Gasteiger partial charge in [0.25, 0.3) is 0 Å². The summed E-state index contributed by atoms with van der Waals surface area (Å²) in [5.74, 6) is -1.57. The summed E-state index contributed by atoms with van der Waals surface area (Å²) in [4.78, 5) is 15.8. The van der Waals surface area contributed by atoms with E-state index < -0.39 is 12.1 Å². The van der Waals surface area contributed by atoms with E-state index in [1.54, 1.807) is 12.3 Å². The standard InChI is InChI=1S/C19H22FN5O.C2HF3O2/c1-13-8-19(21-18-9-15(20)2-3-17(13)18)24-6-4-14(5-7-24)10-25-11-16(12-26)22-23-25;3-2(4,5)1(6)7/h2-3,8-9,11,14,26H,4-7,10,12H2,1H3;(H,6,7). The number of anilines is 1. The average Bonchev–Trinajstić information content (AvgIpc) is 3.21. The number of aliphatic hydroxyl groups excluding tert-OH is 1. The molecule has 1 fully saturated rings. The largest absolute Gasteiger partial charge is 0.490 e. The fraction of sp³-hybridized carbons (Fsp3) is 0.429. The molecule has 1 aliphatic heterocycles. The number of aromatic nitrogens is 4. The van der Waals surface area contributed by atoms with Crippen molar-refractivity contribution in [3.8, 4) is 0 Å². The van der Waals surface area contributed by atoms with Crippen LogP contribution >= 0.6 is 0 Å². The Balaban J connectivity index is 0.000000383. The van der Waals surface area contributed by atoms with Crippen molar-refractivity contribution in [1.29, 1.82) is 0 Å². The van der Waals surface area contributed by atoms with Crippen molar-refractivity contribution in [1.82, 2.24) is 20.0 Å². The number of pyridine rings is 1. The molecule has 1 aliphatic rings. The highest BCUT2D eigenvalue weighted by Gasteiger charge is 2.38. The van der Waals surface area contributed by atoms with Crippen LogP contribution in [0.2, 0.25) is 0 Å². The van der Waals surface area contributed by atoms with Crippen molar-refractivity contribution in [3.63, 3.8) is 0 Å². The molecule has 0 unspecified atom stereocenters. The summed E-state index contributed by atoms with van der Waals surface area (Å²) >= 11 is 0. The minimum atomic E-state index is -5.08. The zero-order chi connectivity index (χ0) is 24.2. The third-order valence-electron chi connectivity index (χ3n) is 5.34. The molecule has 0 saturated carbocycles. The predicted octanol–water partition coefficient (Wildman–Crippen LogP) is 3.32. The summed E-state index contributed by atoms with van der Waals surface area (Å²) in [7, 11) is 0. The highest BCUT2D eigenvalue weighted by molar-refractivity contribution is 5.84. The van der Waals surface area contributed by atoms with Crippen LogP contribution in [0.3, 0.4) is 0 Å². The van der Waals surface area contributed by atoms with Crippen molar-refractivity contribution in [3.05, 3.63) is 47.5 Å². The van der Waals surface area contributed by atoms with Gasteiger partial charge in [0, 0.05) is 31.1 Å². The van der Waals surface area contributed by atoms with Gasteiger partial charge in [0.05, 0.1) is 18.3 Å². The van der Waals surface area contributed by atoms with Gasteiger partial charge in [-0.2, -0.15) is 13.2 Å². The first-order chi connectivity index (χ1) is 15.6.